The molecule has 1 heterocycles. The van der Waals surface area contributed by atoms with Crippen LogP contribution in [-0.2, 0) is 0 Å². The highest BCUT2D eigenvalue weighted by Gasteiger charge is 2.26. The Hall–Kier alpha value is -2.35. The summed E-state index contributed by atoms with van der Waals surface area (Å²) in [5.74, 6) is 0.995. The number of ketones is 1. The molecule has 1 aliphatic heterocycles. The maximum Gasteiger partial charge on any atom is 0.231 e. The van der Waals surface area contributed by atoms with E-state index in [0.717, 1.165) is 5.56 Å². The van der Waals surface area contributed by atoms with Crippen molar-refractivity contribution < 1.29 is 9.53 Å². The molecule has 0 radical (unpaired) electrons. The van der Waals surface area contributed by atoms with E-state index >= 15 is 0 Å². The van der Waals surface area contributed by atoms with E-state index in [0.29, 0.717) is 17.1 Å². The highest BCUT2D eigenvalue weighted by molar-refractivity contribution is 6.14. The van der Waals surface area contributed by atoms with E-state index in [1.54, 1.807) is 6.07 Å². The molecule has 1 aliphatic rings. The molecular formula is C18H16O2. The first kappa shape index (κ1) is 12.7. The second-order valence-corrected chi connectivity index (χ2v) is 5.22. The van der Waals surface area contributed by atoms with Gasteiger partial charge in [-0.15, -0.1) is 0 Å². The number of hydrogen-bond donors (Lipinski definition) is 0. The van der Waals surface area contributed by atoms with Gasteiger partial charge in [0.25, 0.3) is 0 Å². The highest BCUT2D eigenvalue weighted by atomic mass is 16.5. The molecule has 0 atom stereocenters. The summed E-state index contributed by atoms with van der Waals surface area (Å²) in [7, 11) is 0. The predicted octanol–water partition coefficient (Wildman–Crippen LogP) is 4.23. The normalized spacial score (nSPS) is 15.3. The minimum absolute atomic E-state index is 0.0449. The molecule has 20 heavy (non-hydrogen) atoms. The van der Waals surface area contributed by atoms with Gasteiger partial charge in [0.2, 0.25) is 5.78 Å². The number of carbonyl (C=O) groups excluding carboxylic acids is 1. The van der Waals surface area contributed by atoms with Crippen LogP contribution in [0.1, 0.15) is 32.6 Å². The lowest BCUT2D eigenvalue weighted by atomic mass is 10.00. The number of rotatable bonds is 1. The van der Waals surface area contributed by atoms with Gasteiger partial charge in [-0.25, -0.2) is 0 Å². The van der Waals surface area contributed by atoms with Crippen LogP contribution < -0.4 is 4.74 Å². The number of aryl methyl sites for hydroxylation is 2. The van der Waals surface area contributed by atoms with Crippen molar-refractivity contribution in [2.24, 2.45) is 0 Å². The molecule has 2 aromatic rings. The molecular weight excluding hydrogens is 248 g/mol. The number of hydrogen-bond acceptors (Lipinski definition) is 2. The van der Waals surface area contributed by atoms with Gasteiger partial charge in [-0.1, -0.05) is 24.3 Å². The van der Waals surface area contributed by atoms with Gasteiger partial charge in [0.15, 0.2) is 5.76 Å². The summed E-state index contributed by atoms with van der Waals surface area (Å²) >= 11 is 0. The first-order chi connectivity index (χ1) is 9.56. The molecule has 0 saturated heterocycles. The van der Waals surface area contributed by atoms with E-state index in [2.05, 4.69) is 32.9 Å². The number of carbonyl (C=O) groups is 1. The maximum atomic E-state index is 12.2. The molecule has 0 spiro atoms. The number of allylic oxidation sites excluding steroid dienone is 1. The van der Waals surface area contributed by atoms with Gasteiger partial charge in [-0.3, -0.25) is 4.79 Å². The molecule has 0 fully saturated rings. The summed E-state index contributed by atoms with van der Waals surface area (Å²) in [6.45, 7) is 6.27. The zero-order valence-corrected chi connectivity index (χ0v) is 11.9. The van der Waals surface area contributed by atoms with Crippen LogP contribution in [0.5, 0.6) is 5.75 Å². The molecule has 0 N–H and O–H groups in total. The van der Waals surface area contributed by atoms with E-state index in [9.17, 15) is 4.79 Å². The number of benzene rings is 2. The number of fused-ring (bicyclic) bond motifs is 1. The third-order valence-corrected chi connectivity index (χ3v) is 3.82. The SMILES string of the molecule is Cc1cc(/C=C2\Oc3ccccc3C2=O)cc(C)c1C. The van der Waals surface area contributed by atoms with Crippen LogP contribution in [0.4, 0.5) is 0 Å². The van der Waals surface area contributed by atoms with Crippen LogP contribution in [-0.4, -0.2) is 5.78 Å². The third-order valence-electron chi connectivity index (χ3n) is 3.82. The van der Waals surface area contributed by atoms with Crippen LogP contribution in [0.15, 0.2) is 42.2 Å². The van der Waals surface area contributed by atoms with Gasteiger partial charge < -0.3 is 4.74 Å². The van der Waals surface area contributed by atoms with E-state index in [-0.39, 0.29) is 5.78 Å². The Balaban J connectivity index is 2.02. The second-order valence-electron chi connectivity index (χ2n) is 5.22. The number of Topliss-reactive ketones (excluding diaryl/α,β-unsaturated/α-hetero) is 1. The first-order valence-electron chi connectivity index (χ1n) is 6.67. The fourth-order valence-corrected chi connectivity index (χ4v) is 2.44. The standard InChI is InChI=1S/C18H16O2/c1-11-8-14(9-12(2)13(11)3)10-17-18(19)15-6-4-5-7-16(15)20-17/h4-10H,1-3H3/b17-10-. The fraction of sp³-hybridized carbons (Fsp3) is 0.167. The zero-order valence-electron chi connectivity index (χ0n) is 11.9. The summed E-state index contributed by atoms with van der Waals surface area (Å²) in [5.41, 5.74) is 5.37. The molecule has 0 unspecified atom stereocenters. The van der Waals surface area contributed by atoms with Crippen LogP contribution in [0.3, 0.4) is 0 Å². The molecule has 0 saturated carbocycles. The Labute approximate surface area is 118 Å². The molecule has 2 aromatic carbocycles. The van der Waals surface area contributed by atoms with Crippen molar-refractivity contribution in [3.63, 3.8) is 0 Å². The zero-order chi connectivity index (χ0) is 14.3. The van der Waals surface area contributed by atoms with Gasteiger partial charge in [0.1, 0.15) is 5.75 Å². The Kier molecular flexibility index (Phi) is 2.94. The quantitative estimate of drug-likeness (QED) is 0.720. The average Bonchev–Trinajstić information content (AvgIpc) is 2.73. The largest absolute Gasteiger partial charge is 0.452 e. The van der Waals surface area contributed by atoms with Gasteiger partial charge in [-0.2, -0.15) is 0 Å². The molecule has 100 valence electrons. The van der Waals surface area contributed by atoms with Crippen molar-refractivity contribution in [2.75, 3.05) is 0 Å². The molecule has 2 heteroatoms. The van der Waals surface area contributed by atoms with Crippen molar-refractivity contribution in [3.8, 4) is 5.75 Å². The van der Waals surface area contributed by atoms with Gasteiger partial charge >= 0.3 is 0 Å². The fourth-order valence-electron chi connectivity index (χ4n) is 2.44. The van der Waals surface area contributed by atoms with Crippen molar-refractivity contribution in [1.29, 1.82) is 0 Å². The van der Waals surface area contributed by atoms with E-state index in [4.69, 9.17) is 4.74 Å². The van der Waals surface area contributed by atoms with E-state index in [1.165, 1.54) is 16.7 Å². The molecule has 2 nitrogen and oxygen atoms in total. The molecule has 3 rings (SSSR count). The van der Waals surface area contributed by atoms with Crippen LogP contribution in [0.2, 0.25) is 0 Å². The molecule has 0 amide bonds. The van der Waals surface area contributed by atoms with Gasteiger partial charge in [0, 0.05) is 0 Å². The lowest BCUT2D eigenvalue weighted by Crippen LogP contribution is -1.98. The first-order valence-corrected chi connectivity index (χ1v) is 6.67. The smallest absolute Gasteiger partial charge is 0.231 e. The monoisotopic (exact) mass is 264 g/mol. The Bertz CT molecular complexity index is 716. The van der Waals surface area contributed by atoms with Crippen molar-refractivity contribution in [2.45, 2.75) is 20.8 Å². The van der Waals surface area contributed by atoms with E-state index < -0.39 is 0 Å². The minimum Gasteiger partial charge on any atom is -0.452 e. The lowest BCUT2D eigenvalue weighted by molar-refractivity contribution is 0.101. The second kappa shape index (κ2) is 4.64. The van der Waals surface area contributed by atoms with E-state index in [1.807, 2.05) is 24.3 Å². The summed E-state index contributed by atoms with van der Waals surface area (Å²) in [6.07, 6.45) is 1.82. The van der Waals surface area contributed by atoms with Crippen LogP contribution in [0.25, 0.3) is 6.08 Å². The molecule has 0 aliphatic carbocycles. The summed E-state index contributed by atoms with van der Waals surface area (Å²) in [5, 5.41) is 0. The molecule has 0 aromatic heterocycles. The number of ether oxygens (including phenoxy) is 1. The molecule has 0 bridgehead atoms. The average molecular weight is 264 g/mol. The minimum atomic E-state index is -0.0449. The summed E-state index contributed by atoms with van der Waals surface area (Å²) in [6, 6.07) is 11.5. The van der Waals surface area contributed by atoms with Crippen LogP contribution in [0, 0.1) is 20.8 Å². The van der Waals surface area contributed by atoms with Gasteiger partial charge in [-0.05, 0) is 61.2 Å². The topological polar surface area (TPSA) is 26.3 Å². The predicted molar refractivity (Wildman–Crippen MR) is 80.0 cm³/mol. The Morgan fingerprint density at radius 1 is 1.00 bits per heavy atom. The van der Waals surface area contributed by atoms with Gasteiger partial charge in [0.05, 0.1) is 5.56 Å². The van der Waals surface area contributed by atoms with Crippen molar-refractivity contribution >= 4 is 11.9 Å². The maximum absolute atomic E-state index is 12.2. The Morgan fingerprint density at radius 3 is 2.30 bits per heavy atom. The summed E-state index contributed by atoms with van der Waals surface area (Å²) in [4.78, 5) is 12.2. The Morgan fingerprint density at radius 2 is 1.65 bits per heavy atom. The van der Waals surface area contributed by atoms with Crippen molar-refractivity contribution in [3.05, 3.63) is 70.0 Å². The summed E-state index contributed by atoms with van der Waals surface area (Å²) < 4.78 is 5.64. The highest BCUT2D eigenvalue weighted by Crippen LogP contribution is 2.31. The number of para-hydroxylation sites is 1. The lowest BCUT2D eigenvalue weighted by Gasteiger charge is -2.06. The van der Waals surface area contributed by atoms with Crippen molar-refractivity contribution in [1.82, 2.24) is 0 Å². The van der Waals surface area contributed by atoms with Crippen LogP contribution >= 0.6 is 0 Å². The third kappa shape index (κ3) is 2.03.